The Morgan fingerprint density at radius 2 is 1.86 bits per heavy atom. The lowest BCUT2D eigenvalue weighted by atomic mass is 9.88. The van der Waals surface area contributed by atoms with Crippen molar-refractivity contribution in [2.24, 2.45) is 11.3 Å². The molecule has 0 aliphatic heterocycles. The molecule has 11 heteroatoms. The number of carbonyl (C=O) groups excluding carboxylic acids is 1. The molecular weight excluding hydrogens is 507 g/mol. The molecule has 3 rings (SSSR count). The minimum Gasteiger partial charge on any atom is -0.433 e. The SMILES string of the molecule is CCc1nc(C(=O)NCC2CCC(S(C)(=O)=O)CC2)c(F)n1-c1ccc(CC(C)(C)C)cc1OC(F)F. The smallest absolute Gasteiger partial charge is 0.387 e. The highest BCUT2D eigenvalue weighted by Crippen LogP contribution is 2.32. The Morgan fingerprint density at radius 1 is 1.22 bits per heavy atom. The molecule has 1 N–H and O–H groups in total. The number of imidazole rings is 1. The molecule has 0 spiro atoms. The number of nitrogens with one attached hydrogen (secondary N) is 1. The van der Waals surface area contributed by atoms with Crippen LogP contribution in [0.25, 0.3) is 5.69 Å². The maximum absolute atomic E-state index is 15.6. The predicted octanol–water partition coefficient (Wildman–Crippen LogP) is 5.10. The Hall–Kier alpha value is -2.56. The number of hydrogen-bond acceptors (Lipinski definition) is 5. The molecule has 1 aliphatic carbocycles. The van der Waals surface area contributed by atoms with Crippen molar-refractivity contribution in [2.45, 2.75) is 78.1 Å². The number of amides is 1. The zero-order chi connectivity index (χ0) is 27.5. The number of sulfone groups is 1. The lowest BCUT2D eigenvalue weighted by Gasteiger charge is -2.27. The van der Waals surface area contributed by atoms with E-state index in [-0.39, 0.29) is 46.8 Å². The summed E-state index contributed by atoms with van der Waals surface area (Å²) in [6.45, 7) is 4.93. The fourth-order valence-electron chi connectivity index (χ4n) is 4.81. The number of ether oxygens (including phenoxy) is 1. The van der Waals surface area contributed by atoms with E-state index in [1.54, 1.807) is 13.0 Å². The van der Waals surface area contributed by atoms with Gasteiger partial charge in [-0.25, -0.2) is 13.4 Å². The molecule has 206 valence electrons. The van der Waals surface area contributed by atoms with Gasteiger partial charge in [-0.15, -0.1) is 0 Å². The largest absolute Gasteiger partial charge is 0.433 e. The Labute approximate surface area is 216 Å². The van der Waals surface area contributed by atoms with Gasteiger partial charge in [-0.2, -0.15) is 13.2 Å². The minimum atomic E-state index is -3.11. The molecule has 0 unspecified atom stereocenters. The summed E-state index contributed by atoms with van der Waals surface area (Å²) in [6.07, 6.45) is 4.42. The third kappa shape index (κ3) is 7.49. The lowest BCUT2D eigenvalue weighted by Crippen LogP contribution is -2.34. The highest BCUT2D eigenvalue weighted by atomic mass is 32.2. The lowest BCUT2D eigenvalue weighted by molar-refractivity contribution is -0.0499. The van der Waals surface area contributed by atoms with E-state index in [1.807, 2.05) is 20.8 Å². The molecule has 1 aliphatic rings. The molecule has 1 aromatic carbocycles. The van der Waals surface area contributed by atoms with E-state index in [1.165, 1.54) is 18.4 Å². The third-order valence-electron chi connectivity index (χ3n) is 6.59. The summed E-state index contributed by atoms with van der Waals surface area (Å²) in [5.41, 5.74) is 0.267. The maximum atomic E-state index is 15.6. The van der Waals surface area contributed by atoms with E-state index >= 15 is 4.39 Å². The van der Waals surface area contributed by atoms with E-state index in [4.69, 9.17) is 4.74 Å². The van der Waals surface area contributed by atoms with E-state index in [0.717, 1.165) is 10.1 Å². The van der Waals surface area contributed by atoms with Crippen molar-refractivity contribution in [3.05, 3.63) is 41.2 Å². The van der Waals surface area contributed by atoms with Gasteiger partial charge in [0, 0.05) is 19.2 Å². The molecule has 1 fully saturated rings. The van der Waals surface area contributed by atoms with Gasteiger partial charge in [0.05, 0.1) is 10.9 Å². The summed E-state index contributed by atoms with van der Waals surface area (Å²) >= 11 is 0. The van der Waals surface area contributed by atoms with Crippen LogP contribution in [-0.2, 0) is 22.7 Å². The first-order valence-electron chi connectivity index (χ1n) is 12.5. The molecule has 1 heterocycles. The van der Waals surface area contributed by atoms with Crippen LogP contribution in [-0.4, -0.2) is 48.5 Å². The van der Waals surface area contributed by atoms with Crippen LogP contribution >= 0.6 is 0 Å². The number of aromatic nitrogens is 2. The van der Waals surface area contributed by atoms with Crippen molar-refractivity contribution in [3.63, 3.8) is 0 Å². The number of hydrogen-bond donors (Lipinski definition) is 1. The van der Waals surface area contributed by atoms with Gasteiger partial charge in [0.25, 0.3) is 5.91 Å². The average Bonchev–Trinajstić information content (AvgIpc) is 3.12. The number of halogens is 3. The van der Waals surface area contributed by atoms with E-state index in [0.29, 0.717) is 32.1 Å². The molecule has 0 radical (unpaired) electrons. The average molecular weight is 544 g/mol. The zero-order valence-electron chi connectivity index (χ0n) is 22.0. The van der Waals surface area contributed by atoms with Crippen molar-refractivity contribution in [2.75, 3.05) is 12.8 Å². The first-order chi connectivity index (χ1) is 17.2. The summed E-state index contributed by atoms with van der Waals surface area (Å²) in [6, 6.07) is 4.70. The van der Waals surface area contributed by atoms with Gasteiger partial charge in [0.15, 0.2) is 11.4 Å². The normalized spacial score (nSPS) is 18.7. The topological polar surface area (TPSA) is 90.3 Å². The van der Waals surface area contributed by atoms with Crippen molar-refractivity contribution in [3.8, 4) is 11.4 Å². The van der Waals surface area contributed by atoms with Gasteiger partial charge in [-0.3, -0.25) is 9.36 Å². The molecule has 1 amide bonds. The van der Waals surface area contributed by atoms with Crippen LogP contribution in [0.4, 0.5) is 13.2 Å². The number of aryl methyl sites for hydroxylation is 1. The number of carbonyl (C=O) groups is 1. The fraction of sp³-hybridized carbons (Fsp3) is 0.615. The van der Waals surface area contributed by atoms with Crippen molar-refractivity contribution < 1.29 is 31.1 Å². The van der Waals surface area contributed by atoms with Crippen molar-refractivity contribution in [1.29, 1.82) is 0 Å². The van der Waals surface area contributed by atoms with Crippen molar-refractivity contribution in [1.82, 2.24) is 14.9 Å². The second-order valence-electron chi connectivity index (χ2n) is 11.0. The van der Waals surface area contributed by atoms with Gasteiger partial charge in [0.2, 0.25) is 5.95 Å². The van der Waals surface area contributed by atoms with Crippen LogP contribution in [0.15, 0.2) is 18.2 Å². The number of rotatable bonds is 9. The summed E-state index contributed by atoms with van der Waals surface area (Å²) in [5, 5.41) is 2.34. The first kappa shape index (κ1) is 29.0. The van der Waals surface area contributed by atoms with E-state index in [9.17, 15) is 22.0 Å². The molecule has 1 aromatic heterocycles. The number of benzene rings is 1. The second-order valence-corrected chi connectivity index (χ2v) is 13.3. The Kier molecular flexibility index (Phi) is 8.97. The Bertz CT molecular complexity index is 1210. The first-order valence-corrected chi connectivity index (χ1v) is 14.5. The van der Waals surface area contributed by atoms with Gasteiger partial charge in [-0.1, -0.05) is 33.8 Å². The molecule has 2 aromatic rings. The van der Waals surface area contributed by atoms with E-state index in [2.05, 4.69) is 10.3 Å². The predicted molar refractivity (Wildman–Crippen MR) is 136 cm³/mol. The third-order valence-corrected chi connectivity index (χ3v) is 8.27. The van der Waals surface area contributed by atoms with Crippen molar-refractivity contribution >= 4 is 15.7 Å². The van der Waals surface area contributed by atoms with Gasteiger partial charge in [0.1, 0.15) is 15.7 Å². The quantitative estimate of drug-likeness (QED) is 0.476. The molecule has 0 bridgehead atoms. The highest BCUT2D eigenvalue weighted by molar-refractivity contribution is 7.91. The number of nitrogens with zero attached hydrogens (tertiary/aromatic N) is 2. The van der Waals surface area contributed by atoms with Gasteiger partial charge < -0.3 is 10.1 Å². The molecule has 37 heavy (non-hydrogen) atoms. The maximum Gasteiger partial charge on any atom is 0.387 e. The van der Waals surface area contributed by atoms with E-state index < -0.39 is 34.0 Å². The summed E-state index contributed by atoms with van der Waals surface area (Å²) in [5.74, 6) is -1.59. The Balaban J connectivity index is 1.83. The Morgan fingerprint density at radius 3 is 2.41 bits per heavy atom. The van der Waals surface area contributed by atoms with Crippen LogP contribution in [0, 0.1) is 17.3 Å². The standard InChI is InChI=1S/C26H36F3N3O4S/c1-6-21-31-22(24(33)30-15-16-7-10-18(11-8-16)37(5,34)35)23(27)32(21)19-12-9-17(14-26(2,3)4)13-20(19)36-25(28)29/h9,12-13,16,18,25H,6-8,10-11,14-15H2,1-5H3,(H,30,33). The van der Waals surface area contributed by atoms with Crippen LogP contribution < -0.4 is 10.1 Å². The van der Waals surface area contributed by atoms with Crippen LogP contribution in [0.1, 0.15) is 75.3 Å². The van der Waals surface area contributed by atoms with Crippen LogP contribution in [0.5, 0.6) is 5.75 Å². The van der Waals surface area contributed by atoms with Gasteiger partial charge in [-0.05, 0) is 61.1 Å². The summed E-state index contributed by atoms with van der Waals surface area (Å²) in [4.78, 5) is 17.0. The van der Waals surface area contributed by atoms with Crippen LogP contribution in [0.3, 0.4) is 0 Å². The minimum absolute atomic E-state index is 0.0398. The number of alkyl halides is 2. The highest BCUT2D eigenvalue weighted by Gasteiger charge is 2.30. The zero-order valence-corrected chi connectivity index (χ0v) is 22.8. The molecule has 0 atom stereocenters. The van der Waals surface area contributed by atoms with Gasteiger partial charge >= 0.3 is 6.61 Å². The molecule has 0 saturated heterocycles. The molecular formula is C26H36F3N3O4S. The molecule has 1 saturated carbocycles. The molecule has 7 nitrogen and oxygen atoms in total. The monoisotopic (exact) mass is 543 g/mol. The fourth-order valence-corrected chi connectivity index (χ4v) is 5.94. The summed E-state index contributed by atoms with van der Waals surface area (Å²) < 4.78 is 71.3. The van der Waals surface area contributed by atoms with Crippen LogP contribution in [0.2, 0.25) is 0 Å². The second kappa shape index (κ2) is 11.4. The summed E-state index contributed by atoms with van der Waals surface area (Å²) in [7, 11) is -3.09.